The fraction of sp³-hybridized carbons (Fsp3) is 0.500. The van der Waals surface area contributed by atoms with Gasteiger partial charge >= 0.3 is 6.18 Å². The second-order valence-electron chi connectivity index (χ2n) is 11.3. The average molecular weight is 555 g/mol. The Hall–Kier alpha value is -3.24. The van der Waals surface area contributed by atoms with Crippen LogP contribution in [0.2, 0.25) is 0 Å². The van der Waals surface area contributed by atoms with Gasteiger partial charge in [-0.2, -0.15) is 13.2 Å². The van der Waals surface area contributed by atoms with Crippen LogP contribution in [0.3, 0.4) is 0 Å². The molecule has 0 amide bonds. The minimum absolute atomic E-state index is 0.162. The van der Waals surface area contributed by atoms with Crippen molar-refractivity contribution in [3.8, 4) is 11.3 Å². The molecule has 7 nitrogen and oxygen atoms in total. The molecule has 2 atom stereocenters. The highest BCUT2D eigenvalue weighted by atomic mass is 19.4. The lowest BCUT2D eigenvalue weighted by Crippen LogP contribution is -2.45. The molecule has 1 fully saturated rings. The molecule has 214 valence electrons. The fourth-order valence-electron chi connectivity index (χ4n) is 5.77. The summed E-state index contributed by atoms with van der Waals surface area (Å²) in [5, 5.41) is 16.8. The number of fused-ring (bicyclic) bond motifs is 1. The number of aromatic nitrogens is 3. The lowest BCUT2D eigenvalue weighted by molar-refractivity contribution is -0.141. The zero-order chi connectivity index (χ0) is 28.3. The Balaban J connectivity index is 1.42. The molecule has 0 saturated carbocycles. The van der Waals surface area contributed by atoms with Crippen LogP contribution in [0.1, 0.15) is 56.4 Å². The number of likely N-dealkylation sites (tertiary alicyclic amines) is 1. The average Bonchev–Trinajstić information content (AvgIpc) is 2.92. The van der Waals surface area contributed by atoms with Gasteiger partial charge in [-0.15, -0.1) is 0 Å². The van der Waals surface area contributed by atoms with E-state index in [4.69, 9.17) is 0 Å². The van der Waals surface area contributed by atoms with Gasteiger partial charge in [-0.05, 0) is 67.5 Å². The number of aliphatic hydroxyl groups is 1. The van der Waals surface area contributed by atoms with Gasteiger partial charge in [-0.3, -0.25) is 4.90 Å². The van der Waals surface area contributed by atoms with Crippen molar-refractivity contribution in [1.82, 2.24) is 19.9 Å². The molecule has 0 radical (unpaired) electrons. The molecule has 3 N–H and O–H groups in total. The van der Waals surface area contributed by atoms with Crippen molar-refractivity contribution < 1.29 is 18.3 Å². The van der Waals surface area contributed by atoms with E-state index < -0.39 is 11.9 Å². The topological polar surface area (TPSA) is 86.2 Å². The van der Waals surface area contributed by atoms with E-state index in [0.29, 0.717) is 36.0 Å². The highest BCUT2D eigenvalue weighted by Gasteiger charge is 2.33. The molecule has 1 aliphatic heterocycles. The van der Waals surface area contributed by atoms with Gasteiger partial charge in [0, 0.05) is 42.9 Å². The van der Waals surface area contributed by atoms with Crippen molar-refractivity contribution in [2.75, 3.05) is 30.3 Å². The minimum atomic E-state index is -4.56. The number of piperidine rings is 1. The molecule has 1 aliphatic carbocycles. The number of anilines is 3. The van der Waals surface area contributed by atoms with E-state index in [2.05, 4.69) is 50.4 Å². The van der Waals surface area contributed by atoms with Gasteiger partial charge in [0.15, 0.2) is 0 Å². The van der Waals surface area contributed by atoms with Crippen molar-refractivity contribution in [3.05, 3.63) is 59.5 Å². The first-order chi connectivity index (χ1) is 19.2. The molecule has 0 bridgehead atoms. The molecule has 0 unspecified atom stereocenters. The van der Waals surface area contributed by atoms with E-state index in [1.54, 1.807) is 6.07 Å². The van der Waals surface area contributed by atoms with E-state index >= 15 is 0 Å². The molecular formula is C30H37F3N6O. The zero-order valence-electron chi connectivity index (χ0n) is 23.0. The molecule has 3 aromatic rings. The Morgan fingerprint density at radius 1 is 1.10 bits per heavy atom. The standard InChI is InChI=1S/C30H37F3N6O/c1-19(2)17-39-13-4-3-7-21(39)16-34-29-23(11-12-27(38-29)30(31,32)33)26-15-28(36-18-35-26)37-25-8-5-6-20-9-10-22(40)14-24(20)25/h5-6,8,11-12,15,18-19,21-22,40H,3-4,7,9-10,13-14,16-17H2,1-2H3,(H,34,38)(H,35,36,37)/t21-,22-/m1/s1. The fourth-order valence-corrected chi connectivity index (χ4v) is 5.77. The highest BCUT2D eigenvalue weighted by molar-refractivity contribution is 5.75. The third-order valence-electron chi connectivity index (χ3n) is 7.71. The van der Waals surface area contributed by atoms with Crippen LogP contribution >= 0.6 is 0 Å². The first kappa shape index (κ1) is 28.3. The summed E-state index contributed by atoms with van der Waals surface area (Å²) < 4.78 is 40.9. The van der Waals surface area contributed by atoms with Crippen LogP contribution < -0.4 is 10.6 Å². The third kappa shape index (κ3) is 6.72. The number of benzene rings is 1. The first-order valence-corrected chi connectivity index (χ1v) is 14.1. The predicted molar refractivity (Wildman–Crippen MR) is 151 cm³/mol. The van der Waals surface area contributed by atoms with Crippen LogP contribution in [0.25, 0.3) is 11.3 Å². The number of pyridine rings is 1. The summed E-state index contributed by atoms with van der Waals surface area (Å²) in [6.45, 7) is 6.81. The summed E-state index contributed by atoms with van der Waals surface area (Å²) >= 11 is 0. The van der Waals surface area contributed by atoms with Gasteiger partial charge in [-0.1, -0.05) is 32.4 Å². The molecular weight excluding hydrogens is 517 g/mol. The van der Waals surface area contributed by atoms with E-state index in [-0.39, 0.29) is 18.0 Å². The van der Waals surface area contributed by atoms with Gasteiger partial charge in [0.25, 0.3) is 0 Å². The number of hydrogen-bond donors (Lipinski definition) is 3. The maximum atomic E-state index is 13.6. The van der Waals surface area contributed by atoms with Crippen LogP contribution in [0, 0.1) is 5.92 Å². The van der Waals surface area contributed by atoms with E-state index in [9.17, 15) is 18.3 Å². The van der Waals surface area contributed by atoms with Gasteiger partial charge in [-0.25, -0.2) is 15.0 Å². The predicted octanol–water partition coefficient (Wildman–Crippen LogP) is 6.07. The number of rotatable bonds is 8. The molecule has 1 saturated heterocycles. The summed E-state index contributed by atoms with van der Waals surface area (Å²) in [4.78, 5) is 15.2. The second-order valence-corrected chi connectivity index (χ2v) is 11.3. The first-order valence-electron chi connectivity index (χ1n) is 14.1. The molecule has 3 heterocycles. The van der Waals surface area contributed by atoms with Crippen molar-refractivity contribution >= 4 is 17.3 Å². The number of aliphatic hydroxyl groups excluding tert-OH is 1. The Morgan fingerprint density at radius 2 is 1.95 bits per heavy atom. The summed E-state index contributed by atoms with van der Waals surface area (Å²) in [6.07, 6.45) is 1.79. The summed E-state index contributed by atoms with van der Waals surface area (Å²) in [7, 11) is 0. The van der Waals surface area contributed by atoms with E-state index in [1.807, 2.05) is 12.1 Å². The number of hydrogen-bond acceptors (Lipinski definition) is 7. The normalized spacial score (nSPS) is 19.9. The number of aryl methyl sites for hydroxylation is 1. The number of alkyl halides is 3. The van der Waals surface area contributed by atoms with Crippen LogP contribution in [0.5, 0.6) is 0 Å². The van der Waals surface area contributed by atoms with Gasteiger partial charge in [0.1, 0.15) is 23.7 Å². The Bertz CT molecular complexity index is 1310. The van der Waals surface area contributed by atoms with Crippen molar-refractivity contribution in [1.29, 1.82) is 0 Å². The summed E-state index contributed by atoms with van der Waals surface area (Å²) in [6, 6.07) is 10.4. The summed E-state index contributed by atoms with van der Waals surface area (Å²) in [5.41, 5.74) is 3.11. The van der Waals surface area contributed by atoms with E-state index in [1.165, 1.54) is 18.0 Å². The van der Waals surface area contributed by atoms with Crippen LogP contribution in [0.4, 0.5) is 30.5 Å². The monoisotopic (exact) mass is 554 g/mol. The lowest BCUT2D eigenvalue weighted by Gasteiger charge is -2.37. The SMILES string of the molecule is CC(C)CN1CCCC[C@@H]1CNc1nc(C(F)(F)F)ccc1-c1cc(Nc2cccc3c2C[C@H](O)CC3)ncn1. The van der Waals surface area contributed by atoms with Crippen LogP contribution in [-0.2, 0) is 19.0 Å². The van der Waals surface area contributed by atoms with Gasteiger partial charge in [0.2, 0.25) is 0 Å². The number of nitrogens with one attached hydrogen (secondary N) is 2. The van der Waals surface area contributed by atoms with Gasteiger partial charge in [0.05, 0.1) is 11.8 Å². The van der Waals surface area contributed by atoms with E-state index in [0.717, 1.165) is 62.5 Å². The molecule has 5 rings (SSSR count). The zero-order valence-corrected chi connectivity index (χ0v) is 23.0. The molecule has 40 heavy (non-hydrogen) atoms. The molecule has 2 aromatic heterocycles. The van der Waals surface area contributed by atoms with Crippen molar-refractivity contribution in [3.63, 3.8) is 0 Å². The second kappa shape index (κ2) is 12.1. The quantitative estimate of drug-likeness (QED) is 0.312. The Labute approximate surface area is 233 Å². The van der Waals surface area contributed by atoms with Crippen LogP contribution in [0.15, 0.2) is 42.7 Å². The van der Waals surface area contributed by atoms with Crippen molar-refractivity contribution in [2.24, 2.45) is 5.92 Å². The molecule has 2 aliphatic rings. The van der Waals surface area contributed by atoms with Gasteiger partial charge < -0.3 is 15.7 Å². The smallest absolute Gasteiger partial charge is 0.393 e. The lowest BCUT2D eigenvalue weighted by atomic mass is 9.88. The maximum Gasteiger partial charge on any atom is 0.433 e. The maximum absolute atomic E-state index is 13.6. The Morgan fingerprint density at radius 3 is 2.75 bits per heavy atom. The molecule has 0 spiro atoms. The third-order valence-corrected chi connectivity index (χ3v) is 7.71. The van der Waals surface area contributed by atoms with Crippen LogP contribution in [-0.4, -0.2) is 56.7 Å². The minimum Gasteiger partial charge on any atom is -0.393 e. The molecule has 10 heteroatoms. The largest absolute Gasteiger partial charge is 0.433 e. The number of nitrogens with zero attached hydrogens (tertiary/aromatic N) is 4. The summed E-state index contributed by atoms with van der Waals surface area (Å²) in [5.74, 6) is 1.18. The number of halogens is 3. The van der Waals surface area contributed by atoms with Crippen molar-refractivity contribution in [2.45, 2.75) is 70.7 Å². The molecule has 1 aromatic carbocycles. The highest BCUT2D eigenvalue weighted by Crippen LogP contribution is 2.34. The Kier molecular flexibility index (Phi) is 8.56.